The summed E-state index contributed by atoms with van der Waals surface area (Å²) in [6.45, 7) is 0. The predicted octanol–water partition coefficient (Wildman–Crippen LogP) is 15.6. The van der Waals surface area contributed by atoms with Crippen LogP contribution < -0.4 is 0 Å². The molecule has 11 aromatic rings. The summed E-state index contributed by atoms with van der Waals surface area (Å²) in [7, 11) is 0. The zero-order chi connectivity index (χ0) is 40.3. The Hall–Kier alpha value is -7.87. The van der Waals surface area contributed by atoms with E-state index >= 15 is 0 Å². The topological polar surface area (TPSA) is 12.9 Å². The van der Waals surface area contributed by atoms with Crippen LogP contribution in [0.25, 0.3) is 88.2 Å². The van der Waals surface area contributed by atoms with Crippen molar-refractivity contribution in [1.29, 1.82) is 0 Å². The van der Waals surface area contributed by atoms with Crippen LogP contribution in [0.4, 0.5) is 0 Å². The van der Waals surface area contributed by atoms with E-state index in [4.69, 9.17) is 4.98 Å². The zero-order valence-corrected chi connectivity index (χ0v) is 33.5. The first-order valence-electron chi connectivity index (χ1n) is 21.1. The van der Waals surface area contributed by atoms with Gasteiger partial charge in [-0.3, -0.25) is 0 Å². The van der Waals surface area contributed by atoms with Crippen molar-refractivity contribution in [2.75, 3.05) is 0 Å². The Morgan fingerprint density at radius 3 is 1.49 bits per heavy atom. The van der Waals surface area contributed by atoms with Crippen molar-refractivity contribution in [2.24, 2.45) is 0 Å². The number of pyridine rings is 1. The molecule has 61 heavy (non-hydrogen) atoms. The van der Waals surface area contributed by atoms with E-state index in [0.717, 1.165) is 28.1 Å². The van der Waals surface area contributed by atoms with Crippen LogP contribution >= 0.6 is 0 Å². The highest BCUT2D eigenvalue weighted by atomic mass is 14.7. The molecule has 0 N–H and O–H groups in total. The molecule has 284 valence electrons. The maximum absolute atomic E-state index is 5.41. The lowest BCUT2D eigenvalue weighted by Gasteiger charge is -2.33. The maximum Gasteiger partial charge on any atom is 0.0722 e. The van der Waals surface area contributed by atoms with Gasteiger partial charge in [-0.15, -0.1) is 0 Å². The molecule has 0 saturated carbocycles. The van der Waals surface area contributed by atoms with Gasteiger partial charge in [-0.2, -0.15) is 0 Å². The molecular formula is C60H39N. The Labute approximate surface area is 355 Å². The van der Waals surface area contributed by atoms with E-state index in [2.05, 4.69) is 237 Å². The Kier molecular flexibility index (Phi) is 8.15. The number of benzene rings is 10. The minimum absolute atomic E-state index is 0.423. The van der Waals surface area contributed by atoms with Crippen LogP contribution in [-0.4, -0.2) is 4.98 Å². The van der Waals surface area contributed by atoms with Crippen molar-refractivity contribution in [2.45, 2.75) is 5.41 Å². The fourth-order valence-electron chi connectivity index (χ4n) is 10.2. The number of nitrogens with zero attached hydrogens (tertiary/aromatic N) is 1. The van der Waals surface area contributed by atoms with E-state index < -0.39 is 5.41 Å². The summed E-state index contributed by atoms with van der Waals surface area (Å²) in [5.74, 6) is 0. The first-order chi connectivity index (χ1) is 30.3. The third kappa shape index (κ3) is 5.51. The lowest BCUT2D eigenvalue weighted by molar-refractivity contribution is 0.768. The Bertz CT molecular complexity index is 3350. The van der Waals surface area contributed by atoms with Crippen molar-refractivity contribution in [3.05, 3.63) is 259 Å². The van der Waals surface area contributed by atoms with Crippen molar-refractivity contribution in [3.63, 3.8) is 0 Å². The molecule has 0 unspecified atom stereocenters. The van der Waals surface area contributed by atoms with Gasteiger partial charge in [0.25, 0.3) is 0 Å². The molecule has 1 aliphatic rings. The summed E-state index contributed by atoms with van der Waals surface area (Å²) >= 11 is 0. The molecule has 0 radical (unpaired) electrons. The van der Waals surface area contributed by atoms with Gasteiger partial charge in [0.05, 0.1) is 16.8 Å². The molecule has 0 atom stereocenters. The van der Waals surface area contributed by atoms with Crippen LogP contribution in [0.1, 0.15) is 22.3 Å². The van der Waals surface area contributed by atoms with E-state index in [9.17, 15) is 0 Å². The van der Waals surface area contributed by atoms with Crippen molar-refractivity contribution in [3.8, 4) is 55.9 Å². The third-order valence-corrected chi connectivity index (χ3v) is 12.9. The first kappa shape index (κ1) is 35.1. The smallest absolute Gasteiger partial charge is 0.0722 e. The van der Waals surface area contributed by atoms with Crippen molar-refractivity contribution < 1.29 is 0 Å². The third-order valence-electron chi connectivity index (χ3n) is 12.9. The monoisotopic (exact) mass is 773 g/mol. The second-order valence-electron chi connectivity index (χ2n) is 16.2. The number of hydrogen-bond acceptors (Lipinski definition) is 1. The van der Waals surface area contributed by atoms with Gasteiger partial charge in [0.1, 0.15) is 0 Å². The van der Waals surface area contributed by atoms with Gasteiger partial charge in [-0.1, -0.05) is 212 Å². The highest BCUT2D eigenvalue weighted by molar-refractivity contribution is 6.28. The molecule has 1 nitrogen and oxygen atoms in total. The molecule has 1 heteroatoms. The van der Waals surface area contributed by atoms with Gasteiger partial charge in [0.15, 0.2) is 0 Å². The lowest BCUT2D eigenvalue weighted by Crippen LogP contribution is -2.28. The summed E-state index contributed by atoms with van der Waals surface area (Å²) in [5, 5.41) is 7.40. The van der Waals surface area contributed by atoms with Crippen LogP contribution in [0.2, 0.25) is 0 Å². The molecule has 12 rings (SSSR count). The van der Waals surface area contributed by atoms with Gasteiger partial charge in [0, 0.05) is 11.1 Å². The number of aromatic nitrogens is 1. The summed E-state index contributed by atoms with van der Waals surface area (Å²) < 4.78 is 0. The van der Waals surface area contributed by atoms with E-state index in [1.165, 1.54) is 82.4 Å². The molecule has 10 aromatic carbocycles. The molecule has 0 amide bonds. The quantitative estimate of drug-likeness (QED) is 0.153. The zero-order valence-electron chi connectivity index (χ0n) is 33.5. The number of fused-ring (bicyclic) bond motifs is 9. The lowest BCUT2D eigenvalue weighted by atomic mass is 9.67. The minimum atomic E-state index is -0.423. The Morgan fingerprint density at radius 2 is 0.770 bits per heavy atom. The van der Waals surface area contributed by atoms with E-state index in [1.54, 1.807) is 0 Å². The molecule has 0 aliphatic heterocycles. The molecule has 0 saturated heterocycles. The predicted molar refractivity (Wildman–Crippen MR) is 256 cm³/mol. The second-order valence-corrected chi connectivity index (χ2v) is 16.2. The average Bonchev–Trinajstić information content (AvgIpc) is 3.65. The summed E-state index contributed by atoms with van der Waals surface area (Å²) in [6, 6.07) is 86.6. The van der Waals surface area contributed by atoms with Crippen LogP contribution in [0.3, 0.4) is 0 Å². The van der Waals surface area contributed by atoms with Gasteiger partial charge in [-0.05, 0) is 112 Å². The highest BCUT2D eigenvalue weighted by Crippen LogP contribution is 2.56. The fourth-order valence-corrected chi connectivity index (χ4v) is 10.2. The minimum Gasteiger partial charge on any atom is -0.248 e. The van der Waals surface area contributed by atoms with Crippen molar-refractivity contribution >= 4 is 32.3 Å². The largest absolute Gasteiger partial charge is 0.248 e. The van der Waals surface area contributed by atoms with E-state index in [1.807, 2.05) is 0 Å². The van der Waals surface area contributed by atoms with Gasteiger partial charge >= 0.3 is 0 Å². The van der Waals surface area contributed by atoms with E-state index in [0.29, 0.717) is 0 Å². The molecule has 0 fully saturated rings. The SMILES string of the molecule is c1ccc(-c2cc(-c3ccccc3)nc(-c3cccc4c5ccccc5c5cc(-c6ccc7c(c6)-c6ccccc6C7(c6ccccc6)c6ccccc6)ccc5c34)c2)cc1. The van der Waals surface area contributed by atoms with Crippen LogP contribution in [0, 0.1) is 0 Å². The van der Waals surface area contributed by atoms with E-state index in [-0.39, 0.29) is 0 Å². The normalized spacial score (nSPS) is 12.7. The van der Waals surface area contributed by atoms with Crippen LogP contribution in [-0.2, 0) is 5.41 Å². The fraction of sp³-hybridized carbons (Fsp3) is 0.0167. The molecule has 1 aromatic heterocycles. The molecule has 1 aliphatic carbocycles. The summed E-state index contributed by atoms with van der Waals surface area (Å²) in [6.07, 6.45) is 0. The maximum atomic E-state index is 5.41. The van der Waals surface area contributed by atoms with Gasteiger partial charge in [-0.25, -0.2) is 4.98 Å². The molecule has 1 heterocycles. The van der Waals surface area contributed by atoms with Crippen LogP contribution in [0.5, 0.6) is 0 Å². The second kappa shape index (κ2) is 14.2. The number of rotatable bonds is 6. The van der Waals surface area contributed by atoms with Gasteiger partial charge < -0.3 is 0 Å². The Morgan fingerprint density at radius 1 is 0.262 bits per heavy atom. The van der Waals surface area contributed by atoms with Crippen molar-refractivity contribution in [1.82, 2.24) is 4.98 Å². The Balaban J connectivity index is 1.08. The number of hydrogen-bond donors (Lipinski definition) is 0. The average molecular weight is 774 g/mol. The molecular weight excluding hydrogens is 735 g/mol. The molecule has 0 bridgehead atoms. The highest BCUT2D eigenvalue weighted by Gasteiger charge is 2.46. The van der Waals surface area contributed by atoms with Crippen LogP contribution in [0.15, 0.2) is 237 Å². The summed E-state index contributed by atoms with van der Waals surface area (Å²) in [5.41, 5.74) is 16.2. The molecule has 0 spiro atoms. The standard InChI is InChI=1S/C60H39N/c1-5-18-40(19-6-1)44-38-57(41-20-7-2-8-21-41)61-58(39-44)52-30-17-29-50-47-26-13-14-27-48(47)53-36-42(32-34-51(53)59(50)52)43-33-35-56-54(37-43)49-28-15-16-31-55(49)60(56,45-22-9-3-10-23-45)46-24-11-4-12-25-46/h1-39H. The first-order valence-corrected chi connectivity index (χ1v) is 21.1. The van der Waals surface area contributed by atoms with Gasteiger partial charge in [0.2, 0.25) is 0 Å². The summed E-state index contributed by atoms with van der Waals surface area (Å²) in [4.78, 5) is 5.41.